The number of carbonyl (C=O) groups excluding carboxylic acids is 1. The molecule has 0 radical (unpaired) electrons. The fourth-order valence-corrected chi connectivity index (χ4v) is 4.50. The summed E-state index contributed by atoms with van der Waals surface area (Å²) in [6.45, 7) is 2.52. The van der Waals surface area contributed by atoms with Crippen LogP contribution in [0.4, 0.5) is 9.52 Å². The first-order valence-electron chi connectivity index (χ1n) is 7.97. The summed E-state index contributed by atoms with van der Waals surface area (Å²) in [5, 5.41) is 0.964. The maximum Gasteiger partial charge on any atom is 0.256 e. The Bertz CT molecular complexity index is 937. The molecule has 1 aliphatic heterocycles. The molecule has 0 bridgehead atoms. The van der Waals surface area contributed by atoms with Gasteiger partial charge in [-0.2, -0.15) is 0 Å². The third kappa shape index (κ3) is 3.26. The number of piperazine rings is 1. The zero-order valence-corrected chi connectivity index (χ0v) is 15.7. The van der Waals surface area contributed by atoms with E-state index >= 15 is 0 Å². The minimum absolute atomic E-state index is 0.140. The quantitative estimate of drug-likeness (QED) is 0.625. The second-order valence-corrected chi connectivity index (χ2v) is 7.79. The molecule has 0 saturated carbocycles. The summed E-state index contributed by atoms with van der Waals surface area (Å²) in [4.78, 5) is 21.1. The lowest BCUT2D eigenvalue weighted by atomic mass is 10.1. The van der Waals surface area contributed by atoms with E-state index in [-0.39, 0.29) is 11.5 Å². The molecule has 3 aromatic rings. The molecule has 128 valence electrons. The topological polar surface area (TPSA) is 36.4 Å². The van der Waals surface area contributed by atoms with Gasteiger partial charge in [-0.15, -0.1) is 0 Å². The molecule has 2 aromatic carbocycles. The number of hydrogen-bond donors (Lipinski definition) is 0. The van der Waals surface area contributed by atoms with Crippen molar-refractivity contribution in [1.82, 2.24) is 9.88 Å². The van der Waals surface area contributed by atoms with Crippen LogP contribution in [-0.2, 0) is 0 Å². The van der Waals surface area contributed by atoms with Gasteiger partial charge in [-0.3, -0.25) is 4.79 Å². The van der Waals surface area contributed by atoms with Crippen LogP contribution in [0.2, 0.25) is 0 Å². The molecule has 1 aliphatic rings. The second-order valence-electron chi connectivity index (χ2n) is 5.87. The number of benzene rings is 2. The first kappa shape index (κ1) is 16.5. The average Bonchev–Trinajstić information content (AvgIpc) is 3.05. The van der Waals surface area contributed by atoms with Crippen LogP contribution in [0, 0.1) is 5.82 Å². The van der Waals surface area contributed by atoms with Crippen LogP contribution in [-0.4, -0.2) is 42.0 Å². The van der Waals surface area contributed by atoms with Crippen LogP contribution in [0.5, 0.6) is 0 Å². The summed E-state index contributed by atoms with van der Waals surface area (Å²) in [6.07, 6.45) is 0. The Morgan fingerprint density at radius 1 is 1.12 bits per heavy atom. The van der Waals surface area contributed by atoms with Gasteiger partial charge < -0.3 is 9.80 Å². The Hall–Kier alpha value is -1.99. The van der Waals surface area contributed by atoms with E-state index in [1.54, 1.807) is 28.4 Å². The summed E-state index contributed by atoms with van der Waals surface area (Å²) in [7, 11) is 0. The maximum atomic E-state index is 13.8. The van der Waals surface area contributed by atoms with Crippen molar-refractivity contribution >= 4 is 48.5 Å². The molecule has 4 rings (SSSR count). The van der Waals surface area contributed by atoms with Gasteiger partial charge >= 0.3 is 0 Å². The molecule has 0 atom stereocenters. The van der Waals surface area contributed by atoms with Crippen molar-refractivity contribution in [2.75, 3.05) is 31.1 Å². The second kappa shape index (κ2) is 6.72. The Kier molecular flexibility index (Phi) is 4.43. The smallest absolute Gasteiger partial charge is 0.256 e. The lowest BCUT2D eigenvalue weighted by Crippen LogP contribution is -2.49. The van der Waals surface area contributed by atoms with E-state index in [1.165, 1.54) is 12.1 Å². The highest BCUT2D eigenvalue weighted by Gasteiger charge is 2.25. The molecular formula is C18H15BrFN3OS. The number of aromatic nitrogens is 1. The van der Waals surface area contributed by atoms with E-state index in [0.717, 1.165) is 19.8 Å². The van der Waals surface area contributed by atoms with Gasteiger partial charge in [-0.25, -0.2) is 9.37 Å². The molecule has 1 fully saturated rings. The van der Waals surface area contributed by atoms with Gasteiger partial charge in [0, 0.05) is 30.7 Å². The summed E-state index contributed by atoms with van der Waals surface area (Å²) in [5.74, 6) is -0.710. The summed E-state index contributed by atoms with van der Waals surface area (Å²) >= 11 is 5.13. The van der Waals surface area contributed by atoms with E-state index in [0.29, 0.717) is 26.2 Å². The van der Waals surface area contributed by atoms with Gasteiger partial charge in [0.2, 0.25) is 0 Å². The highest BCUT2D eigenvalue weighted by molar-refractivity contribution is 9.10. The van der Waals surface area contributed by atoms with Gasteiger partial charge in [0.15, 0.2) is 5.13 Å². The third-order valence-corrected chi connectivity index (χ3v) is 5.85. The SMILES string of the molecule is O=C(c1ccccc1F)N1CCN(c2nc3ccc(Br)cc3s2)CC1. The van der Waals surface area contributed by atoms with E-state index < -0.39 is 5.82 Å². The van der Waals surface area contributed by atoms with E-state index in [1.807, 2.05) is 12.1 Å². The molecule has 7 heteroatoms. The number of halogens is 2. The number of fused-ring (bicyclic) bond motifs is 1. The third-order valence-electron chi connectivity index (χ3n) is 4.28. The molecule has 0 spiro atoms. The standard InChI is InChI=1S/C18H15BrFN3OS/c19-12-5-6-15-16(11-12)25-18(21-15)23-9-7-22(8-10-23)17(24)13-3-1-2-4-14(13)20/h1-6,11H,7-10H2. The largest absolute Gasteiger partial charge is 0.345 e. The number of rotatable bonds is 2. The zero-order valence-electron chi connectivity index (χ0n) is 13.3. The number of anilines is 1. The summed E-state index contributed by atoms with van der Waals surface area (Å²) in [6, 6.07) is 12.2. The Morgan fingerprint density at radius 3 is 2.64 bits per heavy atom. The highest BCUT2D eigenvalue weighted by atomic mass is 79.9. The number of nitrogens with zero attached hydrogens (tertiary/aromatic N) is 3. The molecule has 2 heterocycles. The lowest BCUT2D eigenvalue weighted by molar-refractivity contribution is 0.0742. The molecule has 0 N–H and O–H groups in total. The van der Waals surface area contributed by atoms with Crippen LogP contribution in [0.25, 0.3) is 10.2 Å². The Balaban J connectivity index is 1.47. The molecule has 0 unspecified atom stereocenters. The first-order valence-corrected chi connectivity index (χ1v) is 9.57. The minimum Gasteiger partial charge on any atom is -0.345 e. The highest BCUT2D eigenvalue weighted by Crippen LogP contribution is 2.31. The zero-order chi connectivity index (χ0) is 17.4. The van der Waals surface area contributed by atoms with Crippen LogP contribution in [0.15, 0.2) is 46.9 Å². The monoisotopic (exact) mass is 419 g/mol. The predicted octanol–water partition coefficient (Wildman–Crippen LogP) is 4.16. The van der Waals surface area contributed by atoms with Gasteiger partial charge in [0.05, 0.1) is 15.8 Å². The van der Waals surface area contributed by atoms with Gasteiger partial charge in [0.25, 0.3) is 5.91 Å². The van der Waals surface area contributed by atoms with E-state index in [9.17, 15) is 9.18 Å². The minimum atomic E-state index is -0.466. The molecule has 4 nitrogen and oxygen atoms in total. The lowest BCUT2D eigenvalue weighted by Gasteiger charge is -2.34. The van der Waals surface area contributed by atoms with Crippen LogP contribution in [0.1, 0.15) is 10.4 Å². The summed E-state index contributed by atoms with van der Waals surface area (Å²) in [5.41, 5.74) is 1.12. The molecule has 0 aliphatic carbocycles. The van der Waals surface area contributed by atoms with Gasteiger partial charge in [0.1, 0.15) is 5.82 Å². The van der Waals surface area contributed by atoms with Crippen molar-refractivity contribution in [1.29, 1.82) is 0 Å². The fourth-order valence-electron chi connectivity index (χ4n) is 2.93. The maximum absolute atomic E-state index is 13.8. The average molecular weight is 420 g/mol. The van der Waals surface area contributed by atoms with Crippen molar-refractivity contribution in [2.24, 2.45) is 0 Å². The summed E-state index contributed by atoms with van der Waals surface area (Å²) < 4.78 is 16.0. The number of amides is 1. The van der Waals surface area contributed by atoms with Crippen molar-refractivity contribution in [3.8, 4) is 0 Å². The van der Waals surface area contributed by atoms with Gasteiger partial charge in [-0.05, 0) is 30.3 Å². The molecule has 1 aromatic heterocycles. The normalized spacial score (nSPS) is 15.0. The van der Waals surface area contributed by atoms with Crippen molar-refractivity contribution in [3.05, 3.63) is 58.3 Å². The Morgan fingerprint density at radius 2 is 1.88 bits per heavy atom. The van der Waals surface area contributed by atoms with Crippen LogP contribution < -0.4 is 4.90 Å². The molecule has 1 amide bonds. The predicted molar refractivity (Wildman–Crippen MR) is 102 cm³/mol. The molecular weight excluding hydrogens is 405 g/mol. The van der Waals surface area contributed by atoms with E-state index in [2.05, 4.69) is 31.9 Å². The van der Waals surface area contributed by atoms with Crippen molar-refractivity contribution in [2.45, 2.75) is 0 Å². The van der Waals surface area contributed by atoms with E-state index in [4.69, 9.17) is 0 Å². The number of thiazole rings is 1. The molecule has 1 saturated heterocycles. The molecule has 25 heavy (non-hydrogen) atoms. The Labute approximate surface area is 157 Å². The van der Waals surface area contributed by atoms with Crippen LogP contribution >= 0.6 is 27.3 Å². The van der Waals surface area contributed by atoms with Crippen LogP contribution in [0.3, 0.4) is 0 Å². The van der Waals surface area contributed by atoms with Crippen molar-refractivity contribution in [3.63, 3.8) is 0 Å². The van der Waals surface area contributed by atoms with Gasteiger partial charge in [-0.1, -0.05) is 39.4 Å². The number of hydrogen-bond acceptors (Lipinski definition) is 4. The first-order chi connectivity index (χ1) is 12.1. The fraction of sp³-hybridized carbons (Fsp3) is 0.222. The van der Waals surface area contributed by atoms with Crippen molar-refractivity contribution < 1.29 is 9.18 Å². The number of carbonyl (C=O) groups is 1.